The van der Waals surface area contributed by atoms with Crippen LogP contribution in [0.4, 0.5) is 0 Å². The normalized spacial score (nSPS) is 12.1. The molecule has 0 aromatic rings. The second-order valence-corrected chi connectivity index (χ2v) is 17.5. The van der Waals surface area contributed by atoms with Gasteiger partial charge < -0.3 is 14.2 Å². The van der Waals surface area contributed by atoms with Crippen LogP contribution in [0.5, 0.6) is 0 Å². The number of carbonyl (C=O) groups excluding carboxylic acids is 3. The lowest BCUT2D eigenvalue weighted by molar-refractivity contribution is -0.167. The summed E-state index contributed by atoms with van der Waals surface area (Å²) in [7, 11) is 0. The minimum absolute atomic E-state index is 0.0747. The number of esters is 3. The van der Waals surface area contributed by atoms with E-state index < -0.39 is 6.10 Å². The molecule has 0 N–H and O–H groups in total. The van der Waals surface area contributed by atoms with Gasteiger partial charge in [0.2, 0.25) is 0 Å². The fourth-order valence-corrected chi connectivity index (χ4v) is 7.54. The average molecular weight is 831 g/mol. The summed E-state index contributed by atoms with van der Waals surface area (Å²) in [5.74, 6) is -0.889. The third-order valence-electron chi connectivity index (χ3n) is 11.5. The maximum atomic E-state index is 12.8. The zero-order valence-electron chi connectivity index (χ0n) is 39.5. The Kier molecular flexibility index (Phi) is 46.8. The molecule has 346 valence electrons. The standard InChI is InChI=1S/C53H98O6/c1-4-7-10-13-16-19-22-24-26-28-31-34-37-40-43-46-52(55)58-49-50(48-57-51(54)45-42-39-36-33-30-21-18-15-12-9-6-3)59-53(56)47-44-41-38-35-32-29-27-25-23-20-17-14-11-8-5-2/h15,18,21,30,50H,4-14,16-17,19-20,22-29,31-49H2,1-3H3/b18-15-,30-21-. The van der Waals surface area contributed by atoms with Crippen LogP contribution in [0.25, 0.3) is 0 Å². The number of hydrogen-bond donors (Lipinski definition) is 0. The van der Waals surface area contributed by atoms with Gasteiger partial charge in [0.25, 0.3) is 0 Å². The average Bonchev–Trinajstić information content (AvgIpc) is 3.23. The fraction of sp³-hybridized carbons (Fsp3) is 0.868. The zero-order chi connectivity index (χ0) is 43.0. The first-order valence-corrected chi connectivity index (χ1v) is 25.9. The van der Waals surface area contributed by atoms with E-state index in [1.54, 1.807) is 0 Å². The highest BCUT2D eigenvalue weighted by Crippen LogP contribution is 2.16. The van der Waals surface area contributed by atoms with Crippen molar-refractivity contribution in [3.63, 3.8) is 0 Å². The maximum absolute atomic E-state index is 12.8. The van der Waals surface area contributed by atoms with Crippen molar-refractivity contribution in [3.8, 4) is 0 Å². The minimum Gasteiger partial charge on any atom is -0.462 e. The molecule has 1 atom stereocenters. The zero-order valence-corrected chi connectivity index (χ0v) is 39.5. The molecule has 59 heavy (non-hydrogen) atoms. The number of ether oxygens (including phenoxy) is 3. The van der Waals surface area contributed by atoms with Crippen LogP contribution >= 0.6 is 0 Å². The molecule has 0 bridgehead atoms. The number of rotatable bonds is 47. The molecule has 0 radical (unpaired) electrons. The van der Waals surface area contributed by atoms with Gasteiger partial charge in [0.15, 0.2) is 6.10 Å². The molecule has 0 saturated heterocycles. The summed E-state index contributed by atoms with van der Waals surface area (Å²) in [4.78, 5) is 37.9. The van der Waals surface area contributed by atoms with E-state index in [0.29, 0.717) is 19.3 Å². The van der Waals surface area contributed by atoms with Crippen molar-refractivity contribution in [2.45, 2.75) is 284 Å². The molecule has 0 spiro atoms. The van der Waals surface area contributed by atoms with Crippen molar-refractivity contribution in [2.24, 2.45) is 0 Å². The number of hydrogen-bond acceptors (Lipinski definition) is 6. The van der Waals surface area contributed by atoms with Crippen LogP contribution in [0.2, 0.25) is 0 Å². The van der Waals surface area contributed by atoms with Crippen molar-refractivity contribution in [2.75, 3.05) is 13.2 Å². The van der Waals surface area contributed by atoms with E-state index in [1.807, 2.05) is 0 Å². The highest BCUT2D eigenvalue weighted by molar-refractivity contribution is 5.71. The number of allylic oxidation sites excluding steroid dienone is 4. The van der Waals surface area contributed by atoms with Gasteiger partial charge in [-0.2, -0.15) is 0 Å². The van der Waals surface area contributed by atoms with Crippen LogP contribution in [-0.4, -0.2) is 37.2 Å². The Morgan fingerprint density at radius 2 is 0.610 bits per heavy atom. The van der Waals surface area contributed by atoms with Crippen LogP contribution in [0.1, 0.15) is 278 Å². The molecule has 0 heterocycles. The molecule has 0 aliphatic carbocycles. The quantitative estimate of drug-likeness (QED) is 0.0263. The summed E-state index contributed by atoms with van der Waals surface area (Å²) in [6, 6.07) is 0. The monoisotopic (exact) mass is 831 g/mol. The first-order valence-electron chi connectivity index (χ1n) is 25.9. The van der Waals surface area contributed by atoms with Crippen molar-refractivity contribution in [1.29, 1.82) is 0 Å². The topological polar surface area (TPSA) is 78.9 Å². The molecule has 0 aromatic carbocycles. The van der Waals surface area contributed by atoms with Crippen molar-refractivity contribution in [1.82, 2.24) is 0 Å². The summed E-state index contributed by atoms with van der Waals surface area (Å²) in [5.41, 5.74) is 0. The van der Waals surface area contributed by atoms with Crippen molar-refractivity contribution < 1.29 is 28.6 Å². The van der Waals surface area contributed by atoms with Crippen LogP contribution in [0.3, 0.4) is 0 Å². The Morgan fingerprint density at radius 3 is 0.949 bits per heavy atom. The summed E-state index contributed by atoms with van der Waals surface area (Å²) < 4.78 is 16.8. The van der Waals surface area contributed by atoms with E-state index in [4.69, 9.17) is 14.2 Å². The van der Waals surface area contributed by atoms with E-state index in [2.05, 4.69) is 45.1 Å². The lowest BCUT2D eigenvalue weighted by Gasteiger charge is -2.18. The molecule has 6 heteroatoms. The highest BCUT2D eigenvalue weighted by Gasteiger charge is 2.19. The summed E-state index contributed by atoms with van der Waals surface area (Å²) in [6.45, 7) is 6.59. The predicted molar refractivity (Wildman–Crippen MR) is 252 cm³/mol. The maximum Gasteiger partial charge on any atom is 0.306 e. The lowest BCUT2D eigenvalue weighted by Crippen LogP contribution is -2.30. The van der Waals surface area contributed by atoms with Gasteiger partial charge in [-0.25, -0.2) is 0 Å². The Bertz CT molecular complexity index is 958. The van der Waals surface area contributed by atoms with Gasteiger partial charge in [0.05, 0.1) is 0 Å². The Labute approximate surface area is 366 Å². The summed E-state index contributed by atoms with van der Waals surface area (Å²) >= 11 is 0. The van der Waals surface area contributed by atoms with Crippen LogP contribution in [0.15, 0.2) is 24.3 Å². The number of carbonyl (C=O) groups is 3. The molecule has 0 aromatic heterocycles. The molecule has 0 saturated carbocycles. The summed E-state index contributed by atoms with van der Waals surface area (Å²) in [6.07, 6.45) is 54.5. The molecule has 0 aliphatic rings. The van der Waals surface area contributed by atoms with Gasteiger partial charge in [-0.1, -0.05) is 244 Å². The molecular formula is C53H98O6. The third-order valence-corrected chi connectivity index (χ3v) is 11.5. The molecule has 0 fully saturated rings. The van der Waals surface area contributed by atoms with Gasteiger partial charge in [-0.15, -0.1) is 0 Å². The molecule has 0 rings (SSSR count). The molecule has 1 unspecified atom stereocenters. The van der Waals surface area contributed by atoms with Crippen molar-refractivity contribution in [3.05, 3.63) is 24.3 Å². The minimum atomic E-state index is -0.775. The van der Waals surface area contributed by atoms with E-state index >= 15 is 0 Å². The van der Waals surface area contributed by atoms with Crippen LogP contribution < -0.4 is 0 Å². The van der Waals surface area contributed by atoms with E-state index in [-0.39, 0.29) is 31.1 Å². The van der Waals surface area contributed by atoms with E-state index in [9.17, 15) is 14.4 Å². The molecule has 0 amide bonds. The molecule has 0 aliphatic heterocycles. The third kappa shape index (κ3) is 46.8. The largest absolute Gasteiger partial charge is 0.462 e. The van der Waals surface area contributed by atoms with Crippen LogP contribution in [-0.2, 0) is 28.6 Å². The van der Waals surface area contributed by atoms with E-state index in [0.717, 1.165) is 70.6 Å². The highest BCUT2D eigenvalue weighted by atomic mass is 16.6. The first-order chi connectivity index (χ1) is 29.0. The SMILES string of the molecule is CCCC/C=C\C=C/CCCCCC(=O)OCC(COC(=O)CCCCCCCCCCCCCCCCC)OC(=O)CCCCCCCCCCCCCCCCC. The summed E-state index contributed by atoms with van der Waals surface area (Å²) in [5, 5.41) is 0. The van der Waals surface area contributed by atoms with Gasteiger partial charge in [0.1, 0.15) is 13.2 Å². The molecule has 6 nitrogen and oxygen atoms in total. The van der Waals surface area contributed by atoms with Gasteiger partial charge >= 0.3 is 17.9 Å². The first kappa shape index (κ1) is 56.9. The Hall–Kier alpha value is -2.11. The second-order valence-electron chi connectivity index (χ2n) is 17.5. The Balaban J connectivity index is 4.34. The van der Waals surface area contributed by atoms with Gasteiger partial charge in [-0.05, 0) is 38.5 Å². The van der Waals surface area contributed by atoms with Crippen LogP contribution in [0, 0.1) is 0 Å². The van der Waals surface area contributed by atoms with Crippen molar-refractivity contribution >= 4 is 17.9 Å². The predicted octanol–water partition coefficient (Wildman–Crippen LogP) is 16.8. The smallest absolute Gasteiger partial charge is 0.306 e. The van der Waals surface area contributed by atoms with E-state index in [1.165, 1.54) is 167 Å². The second kappa shape index (κ2) is 48.6. The molecular weight excluding hydrogens is 733 g/mol. The van der Waals surface area contributed by atoms with Gasteiger partial charge in [-0.3, -0.25) is 14.4 Å². The fourth-order valence-electron chi connectivity index (χ4n) is 7.54. The number of unbranched alkanes of at least 4 members (excludes halogenated alkanes) is 33. The Morgan fingerprint density at radius 1 is 0.339 bits per heavy atom. The lowest BCUT2D eigenvalue weighted by atomic mass is 10.0. The van der Waals surface area contributed by atoms with Gasteiger partial charge in [0, 0.05) is 19.3 Å².